The average Bonchev–Trinajstić information content (AvgIpc) is 2.76. The van der Waals surface area contributed by atoms with Crippen LogP contribution in [0.2, 0.25) is 0 Å². The normalized spacial score (nSPS) is 10.6. The molecule has 0 bridgehead atoms. The van der Waals surface area contributed by atoms with Crippen molar-refractivity contribution in [2.45, 2.75) is 25.7 Å². The summed E-state index contributed by atoms with van der Waals surface area (Å²) in [6.07, 6.45) is 1.97. The van der Waals surface area contributed by atoms with E-state index in [0.29, 0.717) is 17.8 Å². The van der Waals surface area contributed by atoms with Crippen molar-refractivity contribution in [1.82, 2.24) is 5.32 Å². The van der Waals surface area contributed by atoms with Crippen LogP contribution in [-0.2, 0) is 4.79 Å². The number of rotatable bonds is 8. The monoisotopic (exact) mass is 386 g/mol. The van der Waals surface area contributed by atoms with Gasteiger partial charge in [0.15, 0.2) is 0 Å². The van der Waals surface area contributed by atoms with E-state index in [1.807, 2.05) is 60.7 Å². The van der Waals surface area contributed by atoms with Crippen LogP contribution >= 0.6 is 0 Å². The summed E-state index contributed by atoms with van der Waals surface area (Å²) in [5.74, 6) is -0.692. The number of unbranched alkanes of at least 4 members (excludes halogenated alkanes) is 1. The van der Waals surface area contributed by atoms with Gasteiger partial charge >= 0.3 is 0 Å². The second-order valence-electron chi connectivity index (χ2n) is 6.93. The molecule has 0 aliphatic heterocycles. The number of benzene rings is 3. The quantitative estimate of drug-likeness (QED) is 0.536. The molecule has 0 radical (unpaired) electrons. The van der Waals surface area contributed by atoms with Gasteiger partial charge in [0, 0.05) is 17.8 Å². The Kier molecular flexibility index (Phi) is 7.17. The molecule has 3 rings (SSSR count). The van der Waals surface area contributed by atoms with Crippen molar-refractivity contribution in [1.29, 1.82) is 0 Å². The summed E-state index contributed by atoms with van der Waals surface area (Å²) in [5.41, 5.74) is 2.99. The molecule has 0 fully saturated rings. The molecule has 3 aromatic rings. The maximum Gasteiger partial charge on any atom is 0.251 e. The first-order valence-corrected chi connectivity index (χ1v) is 9.98. The molecule has 29 heavy (non-hydrogen) atoms. The molecule has 4 heteroatoms. The number of nitrogens with one attached hydrogen (secondary N) is 2. The highest BCUT2D eigenvalue weighted by Crippen LogP contribution is 2.26. The Morgan fingerprint density at radius 3 is 2.03 bits per heavy atom. The smallest absolute Gasteiger partial charge is 0.251 e. The first-order chi connectivity index (χ1) is 14.2. The van der Waals surface area contributed by atoms with E-state index < -0.39 is 5.92 Å². The van der Waals surface area contributed by atoms with E-state index in [4.69, 9.17) is 0 Å². The van der Waals surface area contributed by atoms with E-state index in [2.05, 4.69) is 17.6 Å². The molecule has 0 saturated carbocycles. The predicted molar refractivity (Wildman–Crippen MR) is 117 cm³/mol. The van der Waals surface area contributed by atoms with Gasteiger partial charge in [-0.15, -0.1) is 0 Å². The summed E-state index contributed by atoms with van der Waals surface area (Å²) in [5, 5.41) is 5.89. The highest BCUT2D eigenvalue weighted by Gasteiger charge is 2.22. The van der Waals surface area contributed by atoms with Crippen molar-refractivity contribution in [3.05, 3.63) is 102 Å². The minimum atomic E-state index is -0.431. The van der Waals surface area contributed by atoms with Crippen LogP contribution in [0.15, 0.2) is 84.9 Å². The zero-order chi connectivity index (χ0) is 20.5. The molecular formula is C25H26N2O2. The second kappa shape index (κ2) is 10.2. The summed E-state index contributed by atoms with van der Waals surface area (Å²) in [7, 11) is 0. The first kappa shape index (κ1) is 20.3. The summed E-state index contributed by atoms with van der Waals surface area (Å²) in [6, 6.07) is 26.5. The fourth-order valence-electron chi connectivity index (χ4n) is 3.22. The number of hydrogen-bond donors (Lipinski definition) is 2. The third-order valence-electron chi connectivity index (χ3n) is 4.74. The van der Waals surface area contributed by atoms with Gasteiger partial charge in [-0.3, -0.25) is 9.59 Å². The van der Waals surface area contributed by atoms with Gasteiger partial charge in [-0.25, -0.2) is 0 Å². The molecule has 3 aromatic carbocycles. The maximum absolute atomic E-state index is 13.2. The molecule has 2 N–H and O–H groups in total. The van der Waals surface area contributed by atoms with Crippen molar-refractivity contribution < 1.29 is 9.59 Å². The Morgan fingerprint density at radius 2 is 1.45 bits per heavy atom. The second-order valence-corrected chi connectivity index (χ2v) is 6.93. The Labute approximate surface area is 172 Å². The number of anilines is 1. The lowest BCUT2D eigenvalue weighted by Gasteiger charge is -2.18. The van der Waals surface area contributed by atoms with Crippen LogP contribution in [0.1, 0.15) is 47.2 Å². The van der Waals surface area contributed by atoms with Gasteiger partial charge in [0.2, 0.25) is 5.91 Å². The minimum absolute atomic E-state index is 0.128. The molecular weight excluding hydrogens is 360 g/mol. The molecule has 0 spiro atoms. The summed E-state index contributed by atoms with van der Waals surface area (Å²) < 4.78 is 0. The van der Waals surface area contributed by atoms with E-state index in [1.165, 1.54) is 0 Å². The SMILES string of the molecule is CCCCNC(=O)c1cccc(NC(=O)C(c2ccccc2)c2ccccc2)c1. The Bertz CT molecular complexity index is 900. The summed E-state index contributed by atoms with van der Waals surface area (Å²) in [4.78, 5) is 25.5. The van der Waals surface area contributed by atoms with Gasteiger partial charge in [0.25, 0.3) is 5.91 Å². The molecule has 148 valence electrons. The average molecular weight is 386 g/mol. The van der Waals surface area contributed by atoms with Gasteiger partial charge in [-0.1, -0.05) is 80.1 Å². The first-order valence-electron chi connectivity index (χ1n) is 9.98. The number of amides is 2. The van der Waals surface area contributed by atoms with Gasteiger partial charge in [0.1, 0.15) is 0 Å². The van der Waals surface area contributed by atoms with E-state index in [0.717, 1.165) is 24.0 Å². The van der Waals surface area contributed by atoms with Crippen molar-refractivity contribution in [3.8, 4) is 0 Å². The molecule has 4 nitrogen and oxygen atoms in total. The van der Waals surface area contributed by atoms with Crippen LogP contribution in [0, 0.1) is 0 Å². The lowest BCUT2D eigenvalue weighted by atomic mass is 9.90. The van der Waals surface area contributed by atoms with Crippen molar-refractivity contribution in [3.63, 3.8) is 0 Å². The Hall–Kier alpha value is -3.40. The summed E-state index contributed by atoms with van der Waals surface area (Å²) in [6.45, 7) is 2.73. The predicted octanol–water partition coefficient (Wildman–Crippen LogP) is 4.99. The third kappa shape index (κ3) is 5.55. The molecule has 0 aliphatic rings. The Balaban J connectivity index is 1.80. The summed E-state index contributed by atoms with van der Waals surface area (Å²) >= 11 is 0. The highest BCUT2D eigenvalue weighted by atomic mass is 16.2. The standard InChI is InChI=1S/C25H26N2O2/c1-2-3-17-26-24(28)21-15-10-16-22(18-21)27-25(29)23(19-11-6-4-7-12-19)20-13-8-5-9-14-20/h4-16,18,23H,2-3,17H2,1H3,(H,26,28)(H,27,29). The molecule has 0 atom stereocenters. The molecule has 0 aliphatic carbocycles. The van der Waals surface area contributed by atoms with Gasteiger partial charge in [-0.2, -0.15) is 0 Å². The van der Waals surface area contributed by atoms with Crippen LogP contribution in [0.4, 0.5) is 5.69 Å². The molecule has 2 amide bonds. The molecule has 0 heterocycles. The molecule has 0 aromatic heterocycles. The zero-order valence-corrected chi connectivity index (χ0v) is 16.6. The molecule has 0 unspecified atom stereocenters. The number of carbonyl (C=O) groups is 2. The Morgan fingerprint density at radius 1 is 0.828 bits per heavy atom. The van der Waals surface area contributed by atoms with Crippen LogP contribution in [0.25, 0.3) is 0 Å². The van der Waals surface area contributed by atoms with Gasteiger partial charge in [-0.05, 0) is 35.7 Å². The van der Waals surface area contributed by atoms with Crippen molar-refractivity contribution in [2.75, 3.05) is 11.9 Å². The lowest BCUT2D eigenvalue weighted by molar-refractivity contribution is -0.116. The van der Waals surface area contributed by atoms with Crippen LogP contribution < -0.4 is 10.6 Å². The van der Waals surface area contributed by atoms with Gasteiger partial charge < -0.3 is 10.6 Å². The zero-order valence-electron chi connectivity index (χ0n) is 16.6. The third-order valence-corrected chi connectivity index (χ3v) is 4.74. The topological polar surface area (TPSA) is 58.2 Å². The lowest BCUT2D eigenvalue weighted by Crippen LogP contribution is -2.25. The number of carbonyl (C=O) groups excluding carboxylic acids is 2. The minimum Gasteiger partial charge on any atom is -0.352 e. The van der Waals surface area contributed by atoms with E-state index in [9.17, 15) is 9.59 Å². The fraction of sp³-hybridized carbons (Fsp3) is 0.200. The largest absolute Gasteiger partial charge is 0.352 e. The molecule has 0 saturated heterocycles. The fourth-order valence-corrected chi connectivity index (χ4v) is 3.22. The van der Waals surface area contributed by atoms with E-state index >= 15 is 0 Å². The van der Waals surface area contributed by atoms with Crippen LogP contribution in [0.5, 0.6) is 0 Å². The van der Waals surface area contributed by atoms with Crippen LogP contribution in [0.3, 0.4) is 0 Å². The van der Waals surface area contributed by atoms with Gasteiger partial charge in [0.05, 0.1) is 5.92 Å². The highest BCUT2D eigenvalue weighted by molar-refractivity contribution is 6.00. The maximum atomic E-state index is 13.2. The van der Waals surface area contributed by atoms with E-state index in [1.54, 1.807) is 24.3 Å². The van der Waals surface area contributed by atoms with Crippen molar-refractivity contribution >= 4 is 17.5 Å². The van der Waals surface area contributed by atoms with E-state index in [-0.39, 0.29) is 11.8 Å². The van der Waals surface area contributed by atoms with Crippen LogP contribution in [-0.4, -0.2) is 18.4 Å². The van der Waals surface area contributed by atoms with Crippen molar-refractivity contribution in [2.24, 2.45) is 0 Å². The number of hydrogen-bond acceptors (Lipinski definition) is 2.